The topological polar surface area (TPSA) is 46.3 Å². The van der Waals surface area contributed by atoms with Crippen LogP contribution in [0.1, 0.15) is 30.0 Å². The Morgan fingerprint density at radius 3 is 2.62 bits per heavy atom. The Labute approximate surface area is 125 Å². The second-order valence-electron chi connectivity index (χ2n) is 5.48. The van der Waals surface area contributed by atoms with E-state index >= 15 is 0 Å². The van der Waals surface area contributed by atoms with Gasteiger partial charge >= 0.3 is 0 Å². The number of nitrogens with zero attached hydrogens (tertiary/aromatic N) is 1. The lowest BCUT2D eigenvalue weighted by atomic mass is 9.96. The molecule has 2 aromatic rings. The number of hydrogen-bond donors (Lipinski definition) is 1. The number of carbonyl (C=O) groups excluding carboxylic acids is 1. The van der Waals surface area contributed by atoms with Crippen LogP contribution in [0.15, 0.2) is 54.6 Å². The fourth-order valence-corrected chi connectivity index (χ4v) is 2.88. The molecule has 1 aliphatic rings. The van der Waals surface area contributed by atoms with Gasteiger partial charge in [0.05, 0.1) is 0 Å². The molecule has 3 nitrogen and oxygen atoms in total. The maximum Gasteiger partial charge on any atom is 0.227 e. The Balaban J connectivity index is 1.72. The van der Waals surface area contributed by atoms with Crippen LogP contribution < -0.4 is 10.6 Å². The summed E-state index contributed by atoms with van der Waals surface area (Å²) in [5, 5.41) is 0. The van der Waals surface area contributed by atoms with Gasteiger partial charge in [0.1, 0.15) is 0 Å². The first kappa shape index (κ1) is 13.8. The van der Waals surface area contributed by atoms with E-state index in [2.05, 4.69) is 12.1 Å². The summed E-state index contributed by atoms with van der Waals surface area (Å²) < 4.78 is 0. The molecule has 0 saturated heterocycles. The van der Waals surface area contributed by atoms with Gasteiger partial charge in [-0.1, -0.05) is 48.5 Å². The molecule has 1 heterocycles. The Morgan fingerprint density at radius 1 is 1.10 bits per heavy atom. The zero-order valence-electron chi connectivity index (χ0n) is 12.0. The second-order valence-corrected chi connectivity index (χ2v) is 5.48. The molecule has 1 aliphatic heterocycles. The lowest BCUT2D eigenvalue weighted by Gasteiger charge is -2.32. The molecule has 0 radical (unpaired) electrons. The fourth-order valence-electron chi connectivity index (χ4n) is 2.88. The quantitative estimate of drug-likeness (QED) is 0.939. The van der Waals surface area contributed by atoms with Crippen molar-refractivity contribution in [3.05, 3.63) is 65.7 Å². The highest BCUT2D eigenvalue weighted by atomic mass is 16.2. The SMILES string of the molecule is NC1CCN(C(=O)CCc2ccccc2)c2ccccc21. The molecular weight excluding hydrogens is 260 g/mol. The summed E-state index contributed by atoms with van der Waals surface area (Å²) in [5.41, 5.74) is 9.40. The lowest BCUT2D eigenvalue weighted by molar-refractivity contribution is -0.118. The number of fused-ring (bicyclic) bond motifs is 1. The Kier molecular flexibility index (Phi) is 4.02. The number of hydrogen-bond acceptors (Lipinski definition) is 2. The molecule has 0 aliphatic carbocycles. The fraction of sp³-hybridized carbons (Fsp3) is 0.278. The molecular formula is C18H20N2O. The van der Waals surface area contributed by atoms with Crippen molar-refractivity contribution in [2.24, 2.45) is 5.73 Å². The second kappa shape index (κ2) is 6.10. The Morgan fingerprint density at radius 2 is 1.81 bits per heavy atom. The standard InChI is InChI=1S/C18H20N2O/c19-16-12-13-20(17-9-5-4-8-15(16)17)18(21)11-10-14-6-2-1-3-7-14/h1-9,16H,10-13,19H2. The van der Waals surface area contributed by atoms with Gasteiger partial charge < -0.3 is 10.6 Å². The number of aryl methyl sites for hydroxylation is 1. The predicted molar refractivity (Wildman–Crippen MR) is 85.1 cm³/mol. The smallest absolute Gasteiger partial charge is 0.227 e. The van der Waals surface area contributed by atoms with Crippen LogP contribution in [0.2, 0.25) is 0 Å². The molecule has 0 aromatic heterocycles. The van der Waals surface area contributed by atoms with Crippen LogP contribution >= 0.6 is 0 Å². The van der Waals surface area contributed by atoms with Gasteiger partial charge in [0.25, 0.3) is 0 Å². The summed E-state index contributed by atoms with van der Waals surface area (Å²) in [7, 11) is 0. The van der Waals surface area contributed by atoms with Gasteiger partial charge in [-0.3, -0.25) is 4.79 Å². The van der Waals surface area contributed by atoms with Crippen LogP contribution in [0.25, 0.3) is 0 Å². The van der Waals surface area contributed by atoms with E-state index in [1.165, 1.54) is 5.56 Å². The minimum absolute atomic E-state index is 0.0411. The van der Waals surface area contributed by atoms with Gasteiger partial charge in [-0.25, -0.2) is 0 Å². The molecule has 3 heteroatoms. The third-order valence-electron chi connectivity index (χ3n) is 4.06. The van der Waals surface area contributed by atoms with E-state index in [9.17, 15) is 4.79 Å². The predicted octanol–water partition coefficient (Wildman–Crippen LogP) is 3.06. The van der Waals surface area contributed by atoms with Gasteiger partial charge in [0.15, 0.2) is 0 Å². The summed E-state index contributed by atoms with van der Waals surface area (Å²) in [5.74, 6) is 0.179. The minimum Gasteiger partial charge on any atom is -0.324 e. The van der Waals surface area contributed by atoms with Crippen LogP contribution in [0.3, 0.4) is 0 Å². The third kappa shape index (κ3) is 2.98. The van der Waals surface area contributed by atoms with Crippen LogP contribution in [-0.2, 0) is 11.2 Å². The summed E-state index contributed by atoms with van der Waals surface area (Å²) in [6.07, 6.45) is 2.14. The monoisotopic (exact) mass is 280 g/mol. The number of amides is 1. The first-order valence-electron chi connectivity index (χ1n) is 7.44. The van der Waals surface area contributed by atoms with E-state index in [0.29, 0.717) is 13.0 Å². The van der Waals surface area contributed by atoms with Crippen molar-refractivity contribution in [2.75, 3.05) is 11.4 Å². The molecule has 108 valence electrons. The van der Waals surface area contributed by atoms with Crippen molar-refractivity contribution in [3.63, 3.8) is 0 Å². The van der Waals surface area contributed by atoms with E-state index in [0.717, 1.165) is 24.1 Å². The number of rotatable bonds is 3. The summed E-state index contributed by atoms with van der Waals surface area (Å²) in [4.78, 5) is 14.4. The number of benzene rings is 2. The molecule has 2 N–H and O–H groups in total. The molecule has 0 saturated carbocycles. The average Bonchev–Trinajstić information content (AvgIpc) is 2.54. The highest BCUT2D eigenvalue weighted by molar-refractivity contribution is 5.94. The normalized spacial score (nSPS) is 17.4. The van der Waals surface area contributed by atoms with Gasteiger partial charge in [-0.15, -0.1) is 0 Å². The number of carbonyl (C=O) groups is 1. The number of para-hydroxylation sites is 1. The summed E-state index contributed by atoms with van der Waals surface area (Å²) >= 11 is 0. The van der Waals surface area contributed by atoms with Gasteiger partial charge in [-0.2, -0.15) is 0 Å². The molecule has 2 aromatic carbocycles. The van der Waals surface area contributed by atoms with E-state index in [1.54, 1.807) is 0 Å². The summed E-state index contributed by atoms with van der Waals surface area (Å²) in [6, 6.07) is 18.1. The maximum atomic E-state index is 12.5. The van der Waals surface area contributed by atoms with E-state index in [4.69, 9.17) is 5.73 Å². The molecule has 1 atom stereocenters. The van der Waals surface area contributed by atoms with Gasteiger partial charge in [0.2, 0.25) is 5.91 Å². The van der Waals surface area contributed by atoms with Crippen molar-refractivity contribution >= 4 is 11.6 Å². The molecule has 1 unspecified atom stereocenters. The molecule has 21 heavy (non-hydrogen) atoms. The van der Waals surface area contributed by atoms with Crippen molar-refractivity contribution < 1.29 is 4.79 Å². The largest absolute Gasteiger partial charge is 0.324 e. The van der Waals surface area contributed by atoms with Crippen LogP contribution in [0.4, 0.5) is 5.69 Å². The van der Waals surface area contributed by atoms with Crippen molar-refractivity contribution in [3.8, 4) is 0 Å². The average molecular weight is 280 g/mol. The number of anilines is 1. The van der Waals surface area contributed by atoms with E-state index < -0.39 is 0 Å². The molecule has 3 rings (SSSR count). The zero-order valence-corrected chi connectivity index (χ0v) is 12.0. The van der Waals surface area contributed by atoms with Gasteiger partial charge in [0, 0.05) is 24.7 Å². The van der Waals surface area contributed by atoms with Crippen LogP contribution in [-0.4, -0.2) is 12.5 Å². The van der Waals surface area contributed by atoms with Crippen molar-refractivity contribution in [1.82, 2.24) is 0 Å². The summed E-state index contributed by atoms with van der Waals surface area (Å²) in [6.45, 7) is 0.714. The van der Waals surface area contributed by atoms with Gasteiger partial charge in [-0.05, 0) is 30.0 Å². The maximum absolute atomic E-state index is 12.5. The minimum atomic E-state index is 0.0411. The molecule has 0 spiro atoms. The lowest BCUT2D eigenvalue weighted by Crippen LogP contribution is -2.38. The zero-order chi connectivity index (χ0) is 14.7. The first-order chi connectivity index (χ1) is 10.3. The molecule has 0 bridgehead atoms. The Bertz CT molecular complexity index is 624. The molecule has 0 fully saturated rings. The number of nitrogens with two attached hydrogens (primary N) is 1. The van der Waals surface area contributed by atoms with Crippen LogP contribution in [0, 0.1) is 0 Å². The highest BCUT2D eigenvalue weighted by Crippen LogP contribution is 2.32. The third-order valence-corrected chi connectivity index (χ3v) is 4.06. The van der Waals surface area contributed by atoms with E-state index in [1.807, 2.05) is 47.4 Å². The first-order valence-corrected chi connectivity index (χ1v) is 7.44. The highest BCUT2D eigenvalue weighted by Gasteiger charge is 2.25. The van der Waals surface area contributed by atoms with Crippen molar-refractivity contribution in [1.29, 1.82) is 0 Å². The van der Waals surface area contributed by atoms with Crippen LogP contribution in [0.5, 0.6) is 0 Å². The van der Waals surface area contributed by atoms with E-state index in [-0.39, 0.29) is 11.9 Å². The Hall–Kier alpha value is -2.13. The van der Waals surface area contributed by atoms with Crippen molar-refractivity contribution in [2.45, 2.75) is 25.3 Å². The molecule has 1 amide bonds.